The van der Waals surface area contributed by atoms with Gasteiger partial charge in [-0.1, -0.05) is 26.8 Å². The molecule has 1 rings (SSSR count). The Kier molecular flexibility index (Phi) is 5.21. The van der Waals surface area contributed by atoms with Gasteiger partial charge < -0.3 is 4.74 Å². The third-order valence-electron chi connectivity index (χ3n) is 3.30. The Hall–Kier alpha value is -1.07. The monoisotopic (exact) mass is 299 g/mol. The molecule has 0 radical (unpaired) electrons. The lowest BCUT2D eigenvalue weighted by Gasteiger charge is -2.29. The van der Waals surface area contributed by atoms with Gasteiger partial charge in [0.05, 0.1) is 12.4 Å². The summed E-state index contributed by atoms with van der Waals surface area (Å²) in [5.74, 6) is 0.547. The van der Waals surface area contributed by atoms with Crippen LogP contribution in [0.15, 0.2) is 18.2 Å². The van der Waals surface area contributed by atoms with Crippen molar-refractivity contribution in [3.05, 3.63) is 29.3 Å². The molecule has 0 bridgehead atoms. The zero-order chi connectivity index (χ0) is 15.6. The van der Waals surface area contributed by atoms with Gasteiger partial charge in [-0.25, -0.2) is 13.6 Å². The van der Waals surface area contributed by atoms with Crippen LogP contribution in [0.5, 0.6) is 5.75 Å². The van der Waals surface area contributed by atoms with E-state index < -0.39 is 10.0 Å². The molecule has 0 amide bonds. The summed E-state index contributed by atoms with van der Waals surface area (Å²) >= 11 is 0. The van der Waals surface area contributed by atoms with E-state index in [1.54, 1.807) is 0 Å². The number of hydrogen-bond acceptors (Lipinski definition) is 3. The molecule has 0 heterocycles. The molecular formula is C15H25NO3S. The molecule has 1 aromatic carbocycles. The molecule has 0 aliphatic heterocycles. The van der Waals surface area contributed by atoms with E-state index in [4.69, 9.17) is 9.88 Å². The predicted octanol–water partition coefficient (Wildman–Crippen LogP) is 2.63. The van der Waals surface area contributed by atoms with Gasteiger partial charge in [0.2, 0.25) is 10.0 Å². The molecule has 0 aliphatic carbocycles. The van der Waals surface area contributed by atoms with Crippen molar-refractivity contribution in [3.8, 4) is 5.75 Å². The van der Waals surface area contributed by atoms with E-state index in [0.29, 0.717) is 6.61 Å². The standard InChI is InChI=1S/C15H25NO3S/c1-11-6-12(2)8-14(7-11)19-9-13(15(3,4)5)10-20(16,17)18/h6-8,13H,9-10H2,1-5H3,(H2,16,17,18). The first kappa shape index (κ1) is 17.0. The zero-order valence-corrected chi connectivity index (χ0v) is 13.8. The summed E-state index contributed by atoms with van der Waals surface area (Å²) in [7, 11) is -3.51. The average molecular weight is 299 g/mol. The van der Waals surface area contributed by atoms with E-state index in [0.717, 1.165) is 16.9 Å². The maximum Gasteiger partial charge on any atom is 0.209 e. The third-order valence-corrected chi connectivity index (χ3v) is 4.17. The highest BCUT2D eigenvalue weighted by molar-refractivity contribution is 7.89. The molecule has 0 spiro atoms. The highest BCUT2D eigenvalue weighted by Gasteiger charge is 2.29. The lowest BCUT2D eigenvalue weighted by molar-refractivity contribution is 0.163. The van der Waals surface area contributed by atoms with Crippen LogP contribution in [0.3, 0.4) is 0 Å². The van der Waals surface area contributed by atoms with Gasteiger partial charge in [0.1, 0.15) is 5.75 Å². The molecule has 0 fully saturated rings. The molecular weight excluding hydrogens is 274 g/mol. The van der Waals surface area contributed by atoms with Gasteiger partial charge in [-0.15, -0.1) is 0 Å². The molecule has 5 heteroatoms. The average Bonchev–Trinajstić information content (AvgIpc) is 2.19. The maximum atomic E-state index is 11.3. The molecule has 114 valence electrons. The van der Waals surface area contributed by atoms with E-state index in [2.05, 4.69) is 6.07 Å². The van der Waals surface area contributed by atoms with Crippen molar-refractivity contribution in [2.45, 2.75) is 34.6 Å². The minimum absolute atomic E-state index is 0.0682. The van der Waals surface area contributed by atoms with Crippen molar-refractivity contribution >= 4 is 10.0 Å². The van der Waals surface area contributed by atoms with Gasteiger partial charge in [0, 0.05) is 5.92 Å². The molecule has 4 nitrogen and oxygen atoms in total. The molecule has 2 N–H and O–H groups in total. The van der Waals surface area contributed by atoms with Crippen LogP contribution >= 0.6 is 0 Å². The van der Waals surface area contributed by atoms with Crippen molar-refractivity contribution in [1.29, 1.82) is 0 Å². The fourth-order valence-electron chi connectivity index (χ4n) is 2.04. The smallest absolute Gasteiger partial charge is 0.209 e. The normalized spacial score (nSPS) is 14.1. The van der Waals surface area contributed by atoms with Gasteiger partial charge in [0.15, 0.2) is 0 Å². The number of primary sulfonamides is 1. The minimum Gasteiger partial charge on any atom is -0.493 e. The summed E-state index contributed by atoms with van der Waals surface area (Å²) in [6.07, 6.45) is 0. The van der Waals surface area contributed by atoms with Gasteiger partial charge >= 0.3 is 0 Å². The molecule has 1 unspecified atom stereocenters. The van der Waals surface area contributed by atoms with Crippen molar-refractivity contribution in [2.75, 3.05) is 12.4 Å². The quantitative estimate of drug-likeness (QED) is 0.908. The molecule has 0 saturated carbocycles. The number of ether oxygens (including phenoxy) is 1. The van der Waals surface area contributed by atoms with Crippen LogP contribution in [-0.2, 0) is 10.0 Å². The lowest BCUT2D eigenvalue weighted by atomic mass is 9.82. The van der Waals surface area contributed by atoms with Crippen LogP contribution in [0, 0.1) is 25.2 Å². The number of rotatable bonds is 5. The second-order valence-corrected chi connectivity index (χ2v) is 8.19. The SMILES string of the molecule is Cc1cc(C)cc(OCC(CS(N)(=O)=O)C(C)(C)C)c1. The molecule has 0 aliphatic rings. The van der Waals surface area contributed by atoms with Crippen LogP contribution in [0.25, 0.3) is 0 Å². The first-order chi connectivity index (χ1) is 8.97. The summed E-state index contributed by atoms with van der Waals surface area (Å²) < 4.78 is 28.4. The summed E-state index contributed by atoms with van der Waals surface area (Å²) in [5.41, 5.74) is 2.06. The molecule has 1 aromatic rings. The van der Waals surface area contributed by atoms with E-state index >= 15 is 0 Å². The Morgan fingerprint density at radius 2 is 1.65 bits per heavy atom. The molecule has 1 atom stereocenters. The highest BCUT2D eigenvalue weighted by atomic mass is 32.2. The third kappa shape index (κ3) is 5.92. The fraction of sp³-hybridized carbons (Fsp3) is 0.600. The fourth-order valence-corrected chi connectivity index (χ4v) is 3.20. The van der Waals surface area contributed by atoms with Crippen molar-refractivity contribution < 1.29 is 13.2 Å². The first-order valence-electron chi connectivity index (χ1n) is 6.69. The second-order valence-electron chi connectivity index (χ2n) is 6.53. The van der Waals surface area contributed by atoms with Crippen molar-refractivity contribution in [1.82, 2.24) is 0 Å². The number of benzene rings is 1. The van der Waals surface area contributed by atoms with Crippen LogP contribution in [-0.4, -0.2) is 20.8 Å². The largest absolute Gasteiger partial charge is 0.493 e. The summed E-state index contributed by atoms with van der Waals surface area (Å²) in [5, 5.41) is 5.17. The summed E-state index contributed by atoms with van der Waals surface area (Å²) in [6.45, 7) is 10.3. The van der Waals surface area contributed by atoms with Gasteiger partial charge in [-0.2, -0.15) is 0 Å². The van der Waals surface area contributed by atoms with E-state index in [1.165, 1.54) is 0 Å². The zero-order valence-electron chi connectivity index (χ0n) is 12.9. The van der Waals surface area contributed by atoms with Crippen molar-refractivity contribution in [3.63, 3.8) is 0 Å². The van der Waals surface area contributed by atoms with Crippen LogP contribution in [0.1, 0.15) is 31.9 Å². The highest BCUT2D eigenvalue weighted by Crippen LogP contribution is 2.28. The van der Waals surface area contributed by atoms with Crippen LogP contribution in [0.2, 0.25) is 0 Å². The van der Waals surface area contributed by atoms with Gasteiger partial charge in [0.25, 0.3) is 0 Å². The van der Waals surface area contributed by atoms with Gasteiger partial charge in [-0.05, 0) is 42.5 Å². The Balaban J connectivity index is 2.81. The molecule has 20 heavy (non-hydrogen) atoms. The van der Waals surface area contributed by atoms with Gasteiger partial charge in [-0.3, -0.25) is 0 Å². The van der Waals surface area contributed by atoms with Crippen LogP contribution in [0.4, 0.5) is 0 Å². The minimum atomic E-state index is -3.51. The molecule has 0 aromatic heterocycles. The number of nitrogens with two attached hydrogens (primary N) is 1. The summed E-state index contributed by atoms with van der Waals surface area (Å²) in [6, 6.07) is 5.96. The van der Waals surface area contributed by atoms with E-state index in [-0.39, 0.29) is 17.1 Å². The first-order valence-corrected chi connectivity index (χ1v) is 8.40. The maximum absolute atomic E-state index is 11.3. The number of hydrogen-bond donors (Lipinski definition) is 1. The van der Waals surface area contributed by atoms with Crippen molar-refractivity contribution in [2.24, 2.45) is 16.5 Å². The Morgan fingerprint density at radius 3 is 2.05 bits per heavy atom. The predicted molar refractivity (Wildman–Crippen MR) is 82.3 cm³/mol. The number of aryl methyl sites for hydroxylation is 2. The van der Waals surface area contributed by atoms with E-state index in [9.17, 15) is 8.42 Å². The van der Waals surface area contributed by atoms with Crippen LogP contribution < -0.4 is 9.88 Å². The number of sulfonamides is 1. The van der Waals surface area contributed by atoms with E-state index in [1.807, 2.05) is 46.8 Å². The molecule has 0 saturated heterocycles. The Bertz CT molecular complexity index is 539. The Morgan fingerprint density at radius 1 is 1.15 bits per heavy atom. The second kappa shape index (κ2) is 6.14. The topological polar surface area (TPSA) is 69.4 Å². The Labute approximate surface area is 122 Å². The lowest BCUT2D eigenvalue weighted by Crippen LogP contribution is -2.35. The summed E-state index contributed by atoms with van der Waals surface area (Å²) in [4.78, 5) is 0.